The maximum atomic E-state index is 13.4. The van der Waals surface area contributed by atoms with E-state index in [9.17, 15) is 9.59 Å². The first-order valence-electron chi connectivity index (χ1n) is 13.5. The number of likely N-dealkylation sites (tertiary alicyclic amines) is 1. The van der Waals surface area contributed by atoms with Crippen LogP contribution in [0.2, 0.25) is 0 Å². The summed E-state index contributed by atoms with van der Waals surface area (Å²) in [6.07, 6.45) is 5.92. The van der Waals surface area contributed by atoms with Crippen molar-refractivity contribution in [3.63, 3.8) is 0 Å². The Morgan fingerprint density at radius 1 is 1.11 bits per heavy atom. The van der Waals surface area contributed by atoms with Crippen LogP contribution in [-0.4, -0.2) is 53.3 Å². The van der Waals surface area contributed by atoms with Crippen molar-refractivity contribution >= 4 is 23.2 Å². The van der Waals surface area contributed by atoms with Gasteiger partial charge in [-0.25, -0.2) is 0 Å². The van der Waals surface area contributed by atoms with E-state index in [1.165, 1.54) is 4.88 Å². The van der Waals surface area contributed by atoms with Gasteiger partial charge in [0.1, 0.15) is 6.04 Å². The van der Waals surface area contributed by atoms with Gasteiger partial charge < -0.3 is 16.0 Å². The van der Waals surface area contributed by atoms with Crippen LogP contribution in [0.15, 0.2) is 41.8 Å². The fourth-order valence-electron chi connectivity index (χ4n) is 5.77. The highest BCUT2D eigenvalue weighted by Gasteiger charge is 2.37. The number of hydrogen-bond acceptors (Lipinski definition) is 6. The molecule has 3 N–H and O–H groups in total. The minimum Gasteiger partial charge on any atom is -0.354 e. The lowest BCUT2D eigenvalue weighted by Gasteiger charge is -2.42. The van der Waals surface area contributed by atoms with Gasteiger partial charge in [-0.15, -0.1) is 11.3 Å². The number of hydrogen-bond donors (Lipinski definition) is 2. The van der Waals surface area contributed by atoms with E-state index in [1.54, 1.807) is 23.2 Å². The molecule has 0 bridgehead atoms. The third-order valence-corrected chi connectivity index (χ3v) is 8.93. The number of nitrogens with one attached hydrogen (secondary N) is 1. The zero-order chi connectivity index (χ0) is 26.2. The maximum Gasteiger partial charge on any atom is 0.242 e. The molecule has 0 radical (unpaired) electrons. The lowest BCUT2D eigenvalue weighted by molar-refractivity contribution is -0.142. The topological polar surface area (TPSA) is 102 Å². The Labute approximate surface area is 224 Å². The number of carbonyl (C=O) groups excluding carboxylic acids is 2. The Balaban J connectivity index is 1.44. The van der Waals surface area contributed by atoms with Gasteiger partial charge in [-0.05, 0) is 86.0 Å². The molecule has 2 aliphatic rings. The number of thiophene rings is 1. The second-order valence-corrected chi connectivity index (χ2v) is 11.6. The molecule has 2 aromatic rings. The summed E-state index contributed by atoms with van der Waals surface area (Å²) in [5.41, 5.74) is 7.62. The van der Waals surface area contributed by atoms with E-state index in [4.69, 9.17) is 11.0 Å². The molecule has 37 heavy (non-hydrogen) atoms. The monoisotopic (exact) mass is 521 g/mol. The van der Waals surface area contributed by atoms with Gasteiger partial charge in [0.25, 0.3) is 0 Å². The van der Waals surface area contributed by atoms with Crippen molar-refractivity contribution in [2.75, 3.05) is 19.6 Å². The molecule has 1 saturated carbocycles. The third kappa shape index (κ3) is 7.41. The number of amides is 2. The summed E-state index contributed by atoms with van der Waals surface area (Å²) < 4.78 is 0. The Morgan fingerprint density at radius 3 is 2.46 bits per heavy atom. The Morgan fingerprint density at radius 2 is 1.84 bits per heavy atom. The second kappa shape index (κ2) is 13.2. The van der Waals surface area contributed by atoms with Gasteiger partial charge in [-0.3, -0.25) is 14.5 Å². The van der Waals surface area contributed by atoms with Crippen molar-refractivity contribution in [3.05, 3.63) is 57.8 Å². The zero-order valence-electron chi connectivity index (χ0n) is 21.8. The fraction of sp³-hybridized carbons (Fsp3) is 0.552. The molecular formula is C29H39N5O2S. The summed E-state index contributed by atoms with van der Waals surface area (Å²) in [7, 11) is 0. The first-order chi connectivity index (χ1) is 18.0. The zero-order valence-corrected chi connectivity index (χ0v) is 22.6. The van der Waals surface area contributed by atoms with Crippen LogP contribution in [0, 0.1) is 23.2 Å². The van der Waals surface area contributed by atoms with E-state index in [0.29, 0.717) is 36.9 Å². The molecule has 1 aliphatic heterocycles. The third-order valence-electron chi connectivity index (χ3n) is 8.07. The average Bonchev–Trinajstić information content (AvgIpc) is 3.45. The Kier molecular flexibility index (Phi) is 9.73. The number of piperidine rings is 1. The molecule has 2 heterocycles. The van der Waals surface area contributed by atoms with E-state index >= 15 is 0 Å². The number of nitrogens with two attached hydrogens (primary N) is 1. The molecule has 2 fully saturated rings. The number of nitrogens with zero attached hydrogens (tertiary/aromatic N) is 3. The lowest BCUT2D eigenvalue weighted by atomic mass is 9.82. The Hall–Kier alpha value is -2.73. The number of nitriles is 1. The molecule has 0 spiro atoms. The van der Waals surface area contributed by atoms with Gasteiger partial charge >= 0.3 is 0 Å². The molecule has 1 aromatic carbocycles. The van der Waals surface area contributed by atoms with Crippen LogP contribution in [0.4, 0.5) is 0 Å². The molecule has 1 aliphatic carbocycles. The summed E-state index contributed by atoms with van der Waals surface area (Å²) >= 11 is 1.73. The van der Waals surface area contributed by atoms with Crippen molar-refractivity contribution in [2.45, 2.75) is 70.6 Å². The van der Waals surface area contributed by atoms with E-state index in [1.807, 2.05) is 24.3 Å². The predicted molar refractivity (Wildman–Crippen MR) is 146 cm³/mol. The number of benzene rings is 1. The highest BCUT2D eigenvalue weighted by Crippen LogP contribution is 2.29. The van der Waals surface area contributed by atoms with Crippen molar-refractivity contribution in [2.24, 2.45) is 17.6 Å². The summed E-state index contributed by atoms with van der Waals surface area (Å²) in [5.74, 6) is 1.03. The molecule has 1 saturated heterocycles. The summed E-state index contributed by atoms with van der Waals surface area (Å²) in [5, 5.41) is 14.4. The van der Waals surface area contributed by atoms with Crippen LogP contribution in [0.5, 0.6) is 0 Å². The average molecular weight is 522 g/mol. The second-order valence-electron chi connectivity index (χ2n) is 10.6. The molecular weight excluding hydrogens is 482 g/mol. The molecule has 2 atom stereocenters. The van der Waals surface area contributed by atoms with Gasteiger partial charge in [0.15, 0.2) is 0 Å². The molecule has 7 nitrogen and oxygen atoms in total. The highest BCUT2D eigenvalue weighted by molar-refractivity contribution is 7.09. The van der Waals surface area contributed by atoms with E-state index in [2.05, 4.69) is 33.8 Å². The SMILES string of the molecule is CC(=O)N1CCC(N(Cc2ccc(C#N)cc2)Cc2cccs2)C[C@@H]1C(=O)NCC1CCC(CN)CC1. The minimum atomic E-state index is -0.455. The predicted octanol–water partition coefficient (Wildman–Crippen LogP) is 3.88. The minimum absolute atomic E-state index is 0.0321. The van der Waals surface area contributed by atoms with Crippen LogP contribution < -0.4 is 11.1 Å². The number of carbonyl (C=O) groups is 2. The van der Waals surface area contributed by atoms with E-state index in [0.717, 1.165) is 57.3 Å². The van der Waals surface area contributed by atoms with Crippen molar-refractivity contribution in [1.29, 1.82) is 5.26 Å². The first kappa shape index (κ1) is 27.3. The summed E-state index contributed by atoms with van der Waals surface area (Å²) in [4.78, 5) is 31.3. The number of rotatable bonds is 9. The van der Waals surface area contributed by atoms with Crippen LogP contribution in [-0.2, 0) is 22.7 Å². The summed E-state index contributed by atoms with van der Waals surface area (Å²) in [6, 6.07) is 13.8. The largest absolute Gasteiger partial charge is 0.354 e. The van der Waals surface area contributed by atoms with E-state index < -0.39 is 6.04 Å². The quantitative estimate of drug-likeness (QED) is 0.521. The normalized spacial score (nSPS) is 24.0. The van der Waals surface area contributed by atoms with E-state index in [-0.39, 0.29) is 17.9 Å². The van der Waals surface area contributed by atoms with Crippen LogP contribution >= 0.6 is 11.3 Å². The van der Waals surface area contributed by atoms with Crippen molar-refractivity contribution in [3.8, 4) is 6.07 Å². The Bertz CT molecular complexity index is 1060. The molecule has 2 amide bonds. The van der Waals surface area contributed by atoms with Crippen molar-refractivity contribution in [1.82, 2.24) is 15.1 Å². The van der Waals surface area contributed by atoms with Crippen LogP contribution in [0.25, 0.3) is 0 Å². The smallest absolute Gasteiger partial charge is 0.242 e. The van der Waals surface area contributed by atoms with Crippen LogP contribution in [0.3, 0.4) is 0 Å². The van der Waals surface area contributed by atoms with Crippen molar-refractivity contribution < 1.29 is 9.59 Å². The molecule has 4 rings (SSSR count). The molecule has 198 valence electrons. The fourth-order valence-corrected chi connectivity index (χ4v) is 6.50. The summed E-state index contributed by atoms with van der Waals surface area (Å²) in [6.45, 7) is 5.09. The lowest BCUT2D eigenvalue weighted by Crippen LogP contribution is -2.57. The van der Waals surface area contributed by atoms with Gasteiger partial charge in [-0.2, -0.15) is 5.26 Å². The standard InChI is InChI=1S/C29H39N5O2S/c1-21(35)34-13-12-26(15-28(34)29(36)32-18-24-8-4-22(16-30)5-9-24)33(20-27-3-2-14-37-27)19-25-10-6-23(17-31)7-11-25/h2-3,6-7,10-11,14,22,24,26,28H,4-5,8-9,12-13,15-16,18-20,30H2,1H3,(H,32,36)/t22?,24?,26?,28-/m1/s1. The maximum absolute atomic E-state index is 13.4. The molecule has 1 unspecified atom stereocenters. The molecule has 8 heteroatoms. The highest BCUT2D eigenvalue weighted by atomic mass is 32.1. The van der Waals surface area contributed by atoms with Gasteiger partial charge in [0.05, 0.1) is 11.6 Å². The first-order valence-corrected chi connectivity index (χ1v) is 14.3. The molecule has 1 aromatic heterocycles. The van der Waals surface area contributed by atoms with Gasteiger partial charge in [-0.1, -0.05) is 18.2 Å². The van der Waals surface area contributed by atoms with Gasteiger partial charge in [0, 0.05) is 44.0 Å². The van der Waals surface area contributed by atoms with Crippen LogP contribution in [0.1, 0.15) is 61.5 Å². The van der Waals surface area contributed by atoms with Gasteiger partial charge in [0.2, 0.25) is 11.8 Å².